The van der Waals surface area contributed by atoms with E-state index < -0.39 is 0 Å². The van der Waals surface area contributed by atoms with E-state index in [0.29, 0.717) is 22.8 Å². The molecule has 2 fully saturated rings. The quantitative estimate of drug-likeness (QED) is 0.782. The lowest BCUT2D eigenvalue weighted by Crippen LogP contribution is -2.58. The van der Waals surface area contributed by atoms with Crippen LogP contribution in [0.3, 0.4) is 0 Å². The molecule has 2 heterocycles. The van der Waals surface area contributed by atoms with Gasteiger partial charge in [-0.15, -0.1) is 0 Å². The van der Waals surface area contributed by atoms with Crippen LogP contribution in [-0.4, -0.2) is 94.3 Å². The first-order valence-corrected chi connectivity index (χ1v) is 9.93. The minimum atomic E-state index is -0.00796. The number of carbonyl (C=O) groups is 1. The zero-order chi connectivity index (χ0) is 20.3. The number of amides is 1. The van der Waals surface area contributed by atoms with Crippen LogP contribution in [0.2, 0.25) is 0 Å². The van der Waals surface area contributed by atoms with Crippen molar-refractivity contribution in [1.29, 1.82) is 0 Å². The molecule has 0 unspecified atom stereocenters. The van der Waals surface area contributed by atoms with Gasteiger partial charge in [-0.1, -0.05) is 0 Å². The van der Waals surface area contributed by atoms with Crippen LogP contribution in [0, 0.1) is 0 Å². The Morgan fingerprint density at radius 3 is 2.11 bits per heavy atom. The summed E-state index contributed by atoms with van der Waals surface area (Å²) in [7, 11) is 9.10. The molecule has 0 aromatic heterocycles. The number of hydrogen-bond donors (Lipinski definition) is 0. The summed E-state index contributed by atoms with van der Waals surface area (Å²) in [4.78, 5) is 20.4. The van der Waals surface area contributed by atoms with Crippen LogP contribution in [0.1, 0.15) is 29.6 Å². The molecule has 1 aromatic carbocycles. The summed E-state index contributed by atoms with van der Waals surface area (Å²) in [5.74, 6) is 1.59. The SMILES string of the molecule is COc1cc(OC)c(C(=O)N2CCCN(C)C3(CCN(C)CC3)C2)cc1OC. The van der Waals surface area contributed by atoms with Crippen LogP contribution in [0.5, 0.6) is 17.2 Å². The van der Waals surface area contributed by atoms with Crippen LogP contribution >= 0.6 is 0 Å². The largest absolute Gasteiger partial charge is 0.496 e. The predicted molar refractivity (Wildman–Crippen MR) is 109 cm³/mol. The highest BCUT2D eigenvalue weighted by Crippen LogP contribution is 2.37. The van der Waals surface area contributed by atoms with Gasteiger partial charge in [0.05, 0.1) is 26.9 Å². The van der Waals surface area contributed by atoms with Crippen LogP contribution in [0.15, 0.2) is 12.1 Å². The molecule has 7 heteroatoms. The van der Waals surface area contributed by atoms with Gasteiger partial charge in [-0.05, 0) is 46.4 Å². The second-order valence-corrected chi connectivity index (χ2v) is 7.94. The number of methoxy groups -OCH3 is 3. The molecule has 0 N–H and O–H groups in total. The topological polar surface area (TPSA) is 54.5 Å². The standard InChI is InChI=1S/C21H33N3O4/c1-22-11-7-21(8-12-22)15-24(10-6-9-23(21)2)20(25)16-13-18(27-4)19(28-5)14-17(16)26-3/h13-14H,6-12,15H2,1-5H3. The van der Waals surface area contributed by atoms with Gasteiger partial charge in [-0.2, -0.15) is 0 Å². The van der Waals surface area contributed by atoms with Crippen molar-refractivity contribution in [2.45, 2.75) is 24.8 Å². The Kier molecular flexibility index (Phi) is 6.35. The van der Waals surface area contributed by atoms with Crippen LogP contribution < -0.4 is 14.2 Å². The van der Waals surface area contributed by atoms with Crippen LogP contribution in [0.25, 0.3) is 0 Å². The summed E-state index contributed by atoms with van der Waals surface area (Å²) in [6.45, 7) is 4.63. The average molecular weight is 392 g/mol. The zero-order valence-electron chi connectivity index (χ0n) is 17.8. The Morgan fingerprint density at radius 2 is 1.50 bits per heavy atom. The molecule has 28 heavy (non-hydrogen) atoms. The lowest BCUT2D eigenvalue weighted by Gasteiger charge is -2.47. The summed E-state index contributed by atoms with van der Waals surface area (Å²) in [6.07, 6.45) is 3.12. The summed E-state index contributed by atoms with van der Waals surface area (Å²) in [6, 6.07) is 3.46. The van der Waals surface area contributed by atoms with Crippen molar-refractivity contribution in [3.8, 4) is 17.2 Å². The summed E-state index contributed by atoms with van der Waals surface area (Å²) in [5.41, 5.74) is 0.565. The monoisotopic (exact) mass is 391 g/mol. The van der Waals surface area contributed by atoms with Gasteiger partial charge in [0.1, 0.15) is 5.75 Å². The number of likely N-dealkylation sites (N-methyl/N-ethyl adjacent to an activating group) is 1. The minimum absolute atomic E-state index is 0.00796. The fourth-order valence-corrected chi connectivity index (χ4v) is 4.41. The number of rotatable bonds is 4. The third kappa shape index (κ3) is 3.91. The third-order valence-corrected chi connectivity index (χ3v) is 6.36. The van der Waals surface area contributed by atoms with Crippen molar-refractivity contribution in [3.05, 3.63) is 17.7 Å². The van der Waals surface area contributed by atoms with Crippen molar-refractivity contribution < 1.29 is 19.0 Å². The van der Waals surface area contributed by atoms with E-state index in [1.807, 2.05) is 4.90 Å². The molecule has 0 saturated carbocycles. The van der Waals surface area contributed by atoms with Gasteiger partial charge in [-0.25, -0.2) is 0 Å². The first-order chi connectivity index (χ1) is 13.4. The second kappa shape index (κ2) is 8.57. The molecule has 0 radical (unpaired) electrons. The van der Waals surface area contributed by atoms with Crippen molar-refractivity contribution in [1.82, 2.24) is 14.7 Å². The van der Waals surface area contributed by atoms with E-state index in [2.05, 4.69) is 23.9 Å². The van der Waals surface area contributed by atoms with Crippen molar-refractivity contribution in [2.75, 3.05) is 68.1 Å². The highest BCUT2D eigenvalue weighted by Gasteiger charge is 2.41. The van der Waals surface area contributed by atoms with Crippen molar-refractivity contribution in [2.24, 2.45) is 0 Å². The normalized spacial score (nSPS) is 20.7. The van der Waals surface area contributed by atoms with Gasteiger partial charge in [0.25, 0.3) is 5.91 Å². The number of nitrogens with zero attached hydrogens (tertiary/aromatic N) is 3. The molecule has 2 aliphatic rings. The van der Waals surface area contributed by atoms with E-state index in [1.54, 1.807) is 33.5 Å². The maximum Gasteiger partial charge on any atom is 0.257 e. The molecule has 2 aliphatic heterocycles. The number of benzene rings is 1. The molecule has 2 saturated heterocycles. The molecule has 7 nitrogen and oxygen atoms in total. The molecule has 0 bridgehead atoms. The fourth-order valence-electron chi connectivity index (χ4n) is 4.41. The Balaban J connectivity index is 1.91. The molecule has 1 spiro atoms. The summed E-state index contributed by atoms with van der Waals surface area (Å²) < 4.78 is 16.3. The van der Waals surface area contributed by atoms with E-state index >= 15 is 0 Å². The van der Waals surface area contributed by atoms with Crippen molar-refractivity contribution in [3.63, 3.8) is 0 Å². The highest BCUT2D eigenvalue weighted by atomic mass is 16.5. The molecule has 0 aliphatic carbocycles. The molecule has 3 rings (SSSR count). The minimum Gasteiger partial charge on any atom is -0.496 e. The van der Waals surface area contributed by atoms with E-state index in [9.17, 15) is 4.79 Å². The van der Waals surface area contributed by atoms with E-state index in [0.717, 1.165) is 52.0 Å². The van der Waals surface area contributed by atoms with Crippen LogP contribution in [0.4, 0.5) is 0 Å². The lowest BCUT2D eigenvalue weighted by atomic mass is 9.85. The predicted octanol–water partition coefficient (Wildman–Crippen LogP) is 1.95. The molecule has 1 aromatic rings. The molecule has 156 valence electrons. The summed E-state index contributed by atoms with van der Waals surface area (Å²) >= 11 is 0. The Bertz CT molecular complexity index is 701. The molecular weight excluding hydrogens is 358 g/mol. The zero-order valence-corrected chi connectivity index (χ0v) is 17.8. The number of carbonyl (C=O) groups excluding carboxylic acids is 1. The van der Waals surface area contributed by atoms with E-state index in [4.69, 9.17) is 14.2 Å². The van der Waals surface area contributed by atoms with Gasteiger partial charge in [0.2, 0.25) is 0 Å². The lowest BCUT2D eigenvalue weighted by molar-refractivity contribution is 0.0315. The third-order valence-electron chi connectivity index (χ3n) is 6.36. The Morgan fingerprint density at radius 1 is 0.893 bits per heavy atom. The van der Waals surface area contributed by atoms with E-state index in [1.165, 1.54) is 0 Å². The number of likely N-dealkylation sites (tertiary alicyclic amines) is 1. The molecular formula is C21H33N3O4. The Hall–Kier alpha value is -1.99. The highest BCUT2D eigenvalue weighted by molar-refractivity contribution is 5.98. The number of ether oxygens (including phenoxy) is 3. The Labute approximate surface area is 168 Å². The summed E-state index contributed by atoms with van der Waals surface area (Å²) in [5, 5.41) is 0. The second-order valence-electron chi connectivity index (χ2n) is 7.94. The van der Waals surface area contributed by atoms with Gasteiger partial charge < -0.3 is 24.0 Å². The fraction of sp³-hybridized carbons (Fsp3) is 0.667. The maximum atomic E-state index is 13.5. The van der Waals surface area contributed by atoms with Crippen molar-refractivity contribution >= 4 is 5.91 Å². The van der Waals surface area contributed by atoms with E-state index in [-0.39, 0.29) is 11.4 Å². The average Bonchev–Trinajstić information content (AvgIpc) is 2.88. The number of piperidine rings is 1. The molecule has 0 atom stereocenters. The van der Waals surface area contributed by atoms with Crippen LogP contribution in [-0.2, 0) is 0 Å². The van der Waals surface area contributed by atoms with Gasteiger partial charge in [-0.3, -0.25) is 9.69 Å². The first-order valence-electron chi connectivity index (χ1n) is 9.93. The van der Waals surface area contributed by atoms with Gasteiger partial charge >= 0.3 is 0 Å². The smallest absolute Gasteiger partial charge is 0.257 e. The van der Waals surface area contributed by atoms with Gasteiger partial charge in [0, 0.05) is 37.3 Å². The molecule has 1 amide bonds. The maximum absolute atomic E-state index is 13.5. The number of hydrogen-bond acceptors (Lipinski definition) is 6. The first kappa shape index (κ1) is 20.7. The van der Waals surface area contributed by atoms with Gasteiger partial charge in [0.15, 0.2) is 11.5 Å².